The average Bonchev–Trinajstić information content (AvgIpc) is 2.54. The number of benzene rings is 2. The van der Waals surface area contributed by atoms with Gasteiger partial charge >= 0.3 is 0 Å². The van der Waals surface area contributed by atoms with Gasteiger partial charge in [0, 0.05) is 12.6 Å². The first-order valence-electron chi connectivity index (χ1n) is 7.44. The van der Waals surface area contributed by atoms with Gasteiger partial charge in [-0.2, -0.15) is 0 Å². The van der Waals surface area contributed by atoms with Crippen LogP contribution < -0.4 is 15.4 Å². The van der Waals surface area contributed by atoms with Crippen LogP contribution >= 0.6 is 0 Å². The van der Waals surface area contributed by atoms with Gasteiger partial charge in [0.2, 0.25) is 11.8 Å². The normalized spacial score (nSPS) is 11.5. The van der Waals surface area contributed by atoms with Crippen LogP contribution in [0.1, 0.15) is 24.9 Å². The summed E-state index contributed by atoms with van der Waals surface area (Å²) < 4.78 is 18.3. The molecule has 126 valence electrons. The largest absolute Gasteiger partial charge is 0.497 e. The fraction of sp³-hybridized carbons (Fsp3) is 0.222. The maximum absolute atomic E-state index is 13.2. The summed E-state index contributed by atoms with van der Waals surface area (Å²) in [6, 6.07) is 12.3. The third kappa shape index (κ3) is 5.08. The highest BCUT2D eigenvalue weighted by Gasteiger charge is 2.17. The molecule has 0 saturated heterocycles. The molecule has 5 nitrogen and oxygen atoms in total. The lowest BCUT2D eigenvalue weighted by Crippen LogP contribution is -2.29. The van der Waals surface area contributed by atoms with Crippen molar-refractivity contribution in [3.8, 4) is 5.75 Å². The summed E-state index contributed by atoms with van der Waals surface area (Å²) >= 11 is 0. The number of halogens is 1. The Balaban J connectivity index is 2.09. The van der Waals surface area contributed by atoms with E-state index < -0.39 is 11.9 Å². The molecule has 2 N–H and O–H groups in total. The van der Waals surface area contributed by atoms with Crippen molar-refractivity contribution >= 4 is 17.5 Å². The first-order valence-corrected chi connectivity index (χ1v) is 7.44. The number of hydrogen-bond donors (Lipinski definition) is 2. The standard InChI is InChI=1S/C18H19FN2O3/c1-12(22)20-17(13-6-8-16(24-2)9-7-13)11-18(23)21-15-5-3-4-14(19)10-15/h3-10,17H,11H2,1-2H3,(H,20,22)(H,21,23). The lowest BCUT2D eigenvalue weighted by molar-refractivity contribution is -0.120. The first-order chi connectivity index (χ1) is 11.5. The minimum absolute atomic E-state index is 0.0302. The molecule has 0 heterocycles. The Morgan fingerprint density at radius 1 is 1.17 bits per heavy atom. The molecule has 6 heteroatoms. The molecular formula is C18H19FN2O3. The van der Waals surface area contributed by atoms with Crippen molar-refractivity contribution in [1.82, 2.24) is 5.32 Å². The molecule has 2 aromatic carbocycles. The number of carbonyl (C=O) groups excluding carboxylic acids is 2. The van der Waals surface area contributed by atoms with Crippen LogP contribution in [0.3, 0.4) is 0 Å². The number of hydrogen-bond acceptors (Lipinski definition) is 3. The zero-order valence-electron chi connectivity index (χ0n) is 13.5. The van der Waals surface area contributed by atoms with E-state index in [1.807, 2.05) is 0 Å². The molecular weight excluding hydrogens is 311 g/mol. The molecule has 2 rings (SSSR count). The molecule has 0 aliphatic rings. The van der Waals surface area contributed by atoms with E-state index in [9.17, 15) is 14.0 Å². The van der Waals surface area contributed by atoms with Crippen LogP contribution in [0.15, 0.2) is 48.5 Å². The minimum atomic E-state index is -0.484. The molecule has 2 aromatic rings. The van der Waals surface area contributed by atoms with Crippen molar-refractivity contribution in [2.45, 2.75) is 19.4 Å². The number of carbonyl (C=O) groups is 2. The van der Waals surface area contributed by atoms with Crippen LogP contribution in [0.25, 0.3) is 0 Å². The van der Waals surface area contributed by atoms with Crippen molar-refractivity contribution in [2.24, 2.45) is 0 Å². The van der Waals surface area contributed by atoms with E-state index in [2.05, 4.69) is 10.6 Å². The Morgan fingerprint density at radius 3 is 2.46 bits per heavy atom. The Bertz CT molecular complexity index is 716. The maximum Gasteiger partial charge on any atom is 0.226 e. The number of amides is 2. The van der Waals surface area contributed by atoms with Crippen molar-refractivity contribution in [1.29, 1.82) is 0 Å². The molecule has 0 aliphatic heterocycles. The van der Waals surface area contributed by atoms with E-state index in [1.54, 1.807) is 37.4 Å². The summed E-state index contributed by atoms with van der Waals surface area (Å²) in [6.45, 7) is 1.39. The van der Waals surface area contributed by atoms with E-state index in [0.29, 0.717) is 11.4 Å². The van der Waals surface area contributed by atoms with Crippen LogP contribution in [-0.2, 0) is 9.59 Å². The van der Waals surface area contributed by atoms with Gasteiger partial charge in [-0.1, -0.05) is 18.2 Å². The second-order valence-electron chi connectivity index (χ2n) is 5.29. The second kappa shape index (κ2) is 8.10. The van der Waals surface area contributed by atoms with Crippen LogP contribution in [0.2, 0.25) is 0 Å². The highest BCUT2D eigenvalue weighted by atomic mass is 19.1. The quantitative estimate of drug-likeness (QED) is 0.855. The van der Waals surface area contributed by atoms with Crippen LogP contribution in [0.4, 0.5) is 10.1 Å². The van der Waals surface area contributed by atoms with Gasteiger partial charge in [0.15, 0.2) is 0 Å². The van der Waals surface area contributed by atoms with Gasteiger partial charge < -0.3 is 15.4 Å². The summed E-state index contributed by atoms with van der Waals surface area (Å²) in [5.74, 6) is -0.310. The minimum Gasteiger partial charge on any atom is -0.497 e. The number of rotatable bonds is 6. The predicted molar refractivity (Wildman–Crippen MR) is 89.2 cm³/mol. The Morgan fingerprint density at radius 2 is 1.88 bits per heavy atom. The van der Waals surface area contributed by atoms with Gasteiger partial charge in [-0.3, -0.25) is 9.59 Å². The highest BCUT2D eigenvalue weighted by Crippen LogP contribution is 2.21. The van der Waals surface area contributed by atoms with Crippen LogP contribution in [0, 0.1) is 5.82 Å². The summed E-state index contributed by atoms with van der Waals surface area (Å²) in [5.41, 5.74) is 1.15. The van der Waals surface area contributed by atoms with E-state index in [1.165, 1.54) is 25.1 Å². The first kappa shape index (κ1) is 17.5. The molecule has 0 radical (unpaired) electrons. The molecule has 24 heavy (non-hydrogen) atoms. The molecule has 0 saturated carbocycles. The number of nitrogens with one attached hydrogen (secondary N) is 2. The third-order valence-corrected chi connectivity index (χ3v) is 3.39. The zero-order valence-corrected chi connectivity index (χ0v) is 13.5. The van der Waals surface area contributed by atoms with E-state index in [-0.39, 0.29) is 18.2 Å². The van der Waals surface area contributed by atoms with Crippen molar-refractivity contribution < 1.29 is 18.7 Å². The molecule has 0 bridgehead atoms. The van der Waals surface area contributed by atoms with E-state index in [0.717, 1.165) is 5.56 Å². The SMILES string of the molecule is COc1ccc(C(CC(=O)Nc2cccc(F)c2)NC(C)=O)cc1. The molecule has 0 aromatic heterocycles. The third-order valence-electron chi connectivity index (χ3n) is 3.39. The van der Waals surface area contributed by atoms with Crippen LogP contribution in [0.5, 0.6) is 5.75 Å². The topological polar surface area (TPSA) is 67.4 Å². The van der Waals surface area contributed by atoms with Crippen molar-refractivity contribution in [3.05, 3.63) is 59.9 Å². The Labute approximate surface area is 139 Å². The zero-order chi connectivity index (χ0) is 17.5. The van der Waals surface area contributed by atoms with Gasteiger partial charge in [0.05, 0.1) is 19.6 Å². The smallest absolute Gasteiger partial charge is 0.226 e. The molecule has 1 atom stereocenters. The number of ether oxygens (including phenoxy) is 1. The fourth-order valence-corrected chi connectivity index (χ4v) is 2.30. The van der Waals surface area contributed by atoms with E-state index in [4.69, 9.17) is 4.74 Å². The van der Waals surface area contributed by atoms with Gasteiger partial charge in [0.1, 0.15) is 11.6 Å². The van der Waals surface area contributed by atoms with Crippen molar-refractivity contribution in [2.75, 3.05) is 12.4 Å². The fourth-order valence-electron chi connectivity index (χ4n) is 2.30. The average molecular weight is 330 g/mol. The summed E-state index contributed by atoms with van der Waals surface area (Å²) in [6.07, 6.45) is 0.0302. The van der Waals surface area contributed by atoms with Gasteiger partial charge in [-0.15, -0.1) is 0 Å². The number of methoxy groups -OCH3 is 1. The lowest BCUT2D eigenvalue weighted by atomic mass is 10.0. The molecule has 0 spiro atoms. The summed E-state index contributed by atoms with van der Waals surface area (Å²) in [5, 5.41) is 5.37. The predicted octanol–water partition coefficient (Wildman–Crippen LogP) is 3.04. The highest BCUT2D eigenvalue weighted by molar-refractivity contribution is 5.91. The number of anilines is 1. The van der Waals surface area contributed by atoms with Gasteiger partial charge in [-0.05, 0) is 35.9 Å². The molecule has 0 aliphatic carbocycles. The Hall–Kier alpha value is -2.89. The van der Waals surface area contributed by atoms with Crippen LogP contribution in [-0.4, -0.2) is 18.9 Å². The maximum atomic E-state index is 13.2. The molecule has 2 amide bonds. The Kier molecular flexibility index (Phi) is 5.89. The summed E-state index contributed by atoms with van der Waals surface area (Å²) in [7, 11) is 1.56. The molecule has 1 unspecified atom stereocenters. The summed E-state index contributed by atoms with van der Waals surface area (Å²) in [4.78, 5) is 23.6. The molecule has 0 fully saturated rings. The van der Waals surface area contributed by atoms with Gasteiger partial charge in [-0.25, -0.2) is 4.39 Å². The van der Waals surface area contributed by atoms with Crippen molar-refractivity contribution in [3.63, 3.8) is 0 Å². The second-order valence-corrected chi connectivity index (χ2v) is 5.29. The van der Waals surface area contributed by atoms with Gasteiger partial charge in [0.25, 0.3) is 0 Å². The monoisotopic (exact) mass is 330 g/mol. The lowest BCUT2D eigenvalue weighted by Gasteiger charge is -2.18. The van der Waals surface area contributed by atoms with E-state index >= 15 is 0 Å².